The van der Waals surface area contributed by atoms with E-state index in [1.807, 2.05) is 19.2 Å². The average Bonchev–Trinajstić information content (AvgIpc) is 3.19. The first kappa shape index (κ1) is 28.0. The van der Waals surface area contributed by atoms with Gasteiger partial charge in [0, 0.05) is 34.8 Å². The van der Waals surface area contributed by atoms with Gasteiger partial charge >= 0.3 is 0 Å². The second-order valence-corrected chi connectivity index (χ2v) is 11.1. The average molecular weight is 548 g/mol. The van der Waals surface area contributed by atoms with Crippen molar-refractivity contribution in [3.8, 4) is 17.0 Å². The van der Waals surface area contributed by atoms with E-state index in [1.54, 1.807) is 12.3 Å². The molecule has 212 valence electrons. The summed E-state index contributed by atoms with van der Waals surface area (Å²) >= 11 is 0. The van der Waals surface area contributed by atoms with E-state index in [1.165, 1.54) is 26.1 Å². The Morgan fingerprint density at radius 2 is 1.85 bits per heavy atom. The number of alkyl halides is 1. The number of aryl methyl sites for hydroxylation is 1. The highest BCUT2D eigenvalue weighted by Gasteiger charge is 2.39. The fourth-order valence-corrected chi connectivity index (χ4v) is 5.49. The summed E-state index contributed by atoms with van der Waals surface area (Å²) in [6.45, 7) is 10.4. The number of pyridine rings is 3. The van der Waals surface area contributed by atoms with E-state index in [-0.39, 0.29) is 17.7 Å². The van der Waals surface area contributed by atoms with E-state index in [0.29, 0.717) is 42.4 Å². The molecule has 8 nitrogen and oxygen atoms in total. The molecule has 2 aliphatic rings. The molecule has 5 heterocycles. The van der Waals surface area contributed by atoms with Crippen molar-refractivity contribution in [3.63, 3.8) is 0 Å². The van der Waals surface area contributed by atoms with Crippen LogP contribution in [0.25, 0.3) is 11.1 Å². The summed E-state index contributed by atoms with van der Waals surface area (Å²) in [4.78, 5) is 28.9. The second kappa shape index (κ2) is 11.5. The molecule has 1 amide bonds. The van der Waals surface area contributed by atoms with E-state index in [0.717, 1.165) is 48.2 Å². The van der Waals surface area contributed by atoms with Crippen molar-refractivity contribution in [2.24, 2.45) is 0 Å². The molecule has 9 heteroatoms. The lowest BCUT2D eigenvalue weighted by atomic mass is 10.0. The first-order valence-corrected chi connectivity index (χ1v) is 14.1. The van der Waals surface area contributed by atoms with Crippen molar-refractivity contribution in [1.82, 2.24) is 15.0 Å². The SMILES string of the molecule is CCC(CC)Oc1ncc(-c2cc(NC(=O)c3ccnc(C(C)(C)F)c3)cnc2C)cc1N1C2CCC1COC2. The number of fused-ring (bicyclic) bond motifs is 2. The van der Waals surface area contributed by atoms with Gasteiger partial charge in [0.05, 0.1) is 42.9 Å². The number of hydrogen-bond donors (Lipinski definition) is 1. The molecular weight excluding hydrogens is 509 g/mol. The number of ether oxygens (including phenoxy) is 2. The largest absolute Gasteiger partial charge is 0.473 e. The van der Waals surface area contributed by atoms with E-state index < -0.39 is 5.67 Å². The third-order valence-electron chi connectivity index (χ3n) is 7.83. The van der Waals surface area contributed by atoms with Crippen molar-refractivity contribution in [1.29, 1.82) is 0 Å². The Balaban J connectivity index is 1.47. The van der Waals surface area contributed by atoms with Crippen molar-refractivity contribution in [3.05, 3.63) is 59.8 Å². The van der Waals surface area contributed by atoms with Gasteiger partial charge in [0.15, 0.2) is 0 Å². The topological polar surface area (TPSA) is 89.5 Å². The number of carbonyl (C=O) groups excluding carboxylic acids is 1. The Hall–Kier alpha value is -3.59. The van der Waals surface area contributed by atoms with Crippen LogP contribution in [0.4, 0.5) is 15.8 Å². The highest BCUT2D eigenvalue weighted by Crippen LogP contribution is 2.41. The van der Waals surface area contributed by atoms with Crippen LogP contribution in [0.3, 0.4) is 0 Å². The number of aromatic nitrogens is 3. The first-order valence-electron chi connectivity index (χ1n) is 14.1. The van der Waals surface area contributed by atoms with Gasteiger partial charge in [-0.15, -0.1) is 0 Å². The zero-order valence-corrected chi connectivity index (χ0v) is 23.9. The highest BCUT2D eigenvalue weighted by molar-refractivity contribution is 6.04. The molecule has 2 saturated heterocycles. The van der Waals surface area contributed by atoms with E-state index in [4.69, 9.17) is 14.5 Å². The molecule has 0 radical (unpaired) electrons. The molecule has 3 aromatic heterocycles. The zero-order valence-electron chi connectivity index (χ0n) is 23.9. The minimum absolute atomic E-state index is 0.0920. The summed E-state index contributed by atoms with van der Waals surface area (Å²) in [6, 6.07) is 7.67. The number of nitrogens with zero attached hydrogens (tertiary/aromatic N) is 4. The number of carbonyl (C=O) groups is 1. The van der Waals surface area contributed by atoms with Gasteiger partial charge in [-0.1, -0.05) is 13.8 Å². The van der Waals surface area contributed by atoms with Crippen molar-refractivity contribution in [2.45, 2.75) is 84.2 Å². The number of rotatable bonds is 9. The van der Waals surface area contributed by atoms with Gasteiger partial charge in [-0.2, -0.15) is 0 Å². The Bertz CT molecular complexity index is 1360. The fourth-order valence-electron chi connectivity index (χ4n) is 5.49. The second-order valence-electron chi connectivity index (χ2n) is 11.1. The van der Waals surface area contributed by atoms with Crippen LogP contribution in [-0.4, -0.2) is 52.3 Å². The van der Waals surface area contributed by atoms with Crippen LogP contribution in [0.1, 0.15) is 75.1 Å². The van der Waals surface area contributed by atoms with Gasteiger partial charge in [-0.3, -0.25) is 14.8 Å². The van der Waals surface area contributed by atoms with Crippen LogP contribution in [0, 0.1) is 6.92 Å². The highest BCUT2D eigenvalue weighted by atomic mass is 19.1. The number of amides is 1. The summed E-state index contributed by atoms with van der Waals surface area (Å²) in [5.41, 5.74) is 2.97. The first-order chi connectivity index (χ1) is 19.2. The minimum Gasteiger partial charge on any atom is -0.473 e. The number of hydrogen-bond acceptors (Lipinski definition) is 7. The molecule has 0 saturated carbocycles. The lowest BCUT2D eigenvalue weighted by molar-refractivity contribution is 0.0897. The Morgan fingerprint density at radius 3 is 2.52 bits per heavy atom. The Kier molecular flexibility index (Phi) is 8.03. The molecule has 0 aromatic carbocycles. The normalized spacial score (nSPS) is 18.7. The fraction of sp³-hybridized carbons (Fsp3) is 0.484. The maximum absolute atomic E-state index is 14.4. The molecule has 2 fully saturated rings. The molecule has 2 aliphatic heterocycles. The standard InChI is InChI=1S/C31H38FN5O3/c1-6-25(7-2)40-30-27(37-23-8-9-24(37)18-39-17-23)12-21(15-35-30)26-14-22(16-34-19(26)3)36-29(38)20-10-11-33-28(13-20)31(4,5)32/h10-16,23-25H,6-9,17-18H2,1-5H3,(H,36,38). The number of nitrogens with one attached hydrogen (secondary N) is 1. The van der Waals surface area contributed by atoms with Gasteiger partial charge in [0.1, 0.15) is 17.5 Å². The minimum atomic E-state index is -1.65. The van der Waals surface area contributed by atoms with Crippen molar-refractivity contribution in [2.75, 3.05) is 23.4 Å². The molecule has 1 N–H and O–H groups in total. The quantitative estimate of drug-likeness (QED) is 0.339. The summed E-state index contributed by atoms with van der Waals surface area (Å²) in [6.07, 6.45) is 8.95. The zero-order chi connectivity index (χ0) is 28.4. The molecule has 2 unspecified atom stereocenters. The predicted molar refractivity (Wildman–Crippen MR) is 154 cm³/mol. The van der Waals surface area contributed by atoms with Crippen LogP contribution < -0.4 is 15.0 Å². The van der Waals surface area contributed by atoms with Gasteiger partial charge in [-0.25, -0.2) is 9.37 Å². The summed E-state index contributed by atoms with van der Waals surface area (Å²) in [5.74, 6) is 0.290. The molecular formula is C31H38FN5O3. The van der Waals surface area contributed by atoms with Crippen LogP contribution in [0.2, 0.25) is 0 Å². The van der Waals surface area contributed by atoms with E-state index in [2.05, 4.69) is 40.1 Å². The van der Waals surface area contributed by atoms with Gasteiger partial charge < -0.3 is 19.7 Å². The van der Waals surface area contributed by atoms with Crippen LogP contribution in [-0.2, 0) is 10.4 Å². The van der Waals surface area contributed by atoms with E-state index >= 15 is 0 Å². The molecule has 3 aromatic rings. The van der Waals surface area contributed by atoms with E-state index in [9.17, 15) is 9.18 Å². The third kappa shape index (κ3) is 5.80. The Morgan fingerprint density at radius 1 is 1.12 bits per heavy atom. The molecule has 2 atom stereocenters. The molecule has 40 heavy (non-hydrogen) atoms. The summed E-state index contributed by atoms with van der Waals surface area (Å²) < 4.78 is 26.7. The number of morpholine rings is 1. The number of halogens is 1. The third-order valence-corrected chi connectivity index (χ3v) is 7.83. The monoisotopic (exact) mass is 547 g/mol. The predicted octanol–water partition coefficient (Wildman–Crippen LogP) is 6.24. The lowest BCUT2D eigenvalue weighted by Gasteiger charge is -2.37. The molecule has 2 bridgehead atoms. The number of anilines is 2. The van der Waals surface area contributed by atoms with Gasteiger partial charge in [0.2, 0.25) is 5.88 Å². The maximum atomic E-state index is 14.4. The van der Waals surface area contributed by atoms with Gasteiger partial charge in [-0.05, 0) is 70.7 Å². The molecule has 0 spiro atoms. The Labute approximate surface area is 235 Å². The van der Waals surface area contributed by atoms with Crippen LogP contribution in [0.5, 0.6) is 5.88 Å². The van der Waals surface area contributed by atoms with Crippen molar-refractivity contribution >= 4 is 17.3 Å². The van der Waals surface area contributed by atoms with Gasteiger partial charge in [0.25, 0.3) is 5.91 Å². The lowest BCUT2D eigenvalue weighted by Crippen LogP contribution is -2.46. The summed E-state index contributed by atoms with van der Waals surface area (Å²) in [5, 5.41) is 2.91. The van der Waals surface area contributed by atoms with Crippen molar-refractivity contribution < 1.29 is 18.7 Å². The van der Waals surface area contributed by atoms with Crippen LogP contribution >= 0.6 is 0 Å². The molecule has 5 rings (SSSR count). The summed E-state index contributed by atoms with van der Waals surface area (Å²) in [7, 11) is 0. The maximum Gasteiger partial charge on any atom is 0.255 e. The smallest absolute Gasteiger partial charge is 0.255 e. The molecule has 0 aliphatic carbocycles. The van der Waals surface area contributed by atoms with Crippen LogP contribution in [0.15, 0.2) is 42.9 Å².